The lowest BCUT2D eigenvalue weighted by molar-refractivity contribution is -0.161. The van der Waals surface area contributed by atoms with Gasteiger partial charge in [-0.2, -0.15) is 0 Å². The van der Waals surface area contributed by atoms with Crippen molar-refractivity contribution in [1.29, 1.82) is 0 Å². The van der Waals surface area contributed by atoms with Crippen molar-refractivity contribution >= 4 is 25.0 Å². The second-order valence-electron chi connectivity index (χ2n) is 7.07. The first-order valence-corrected chi connectivity index (χ1v) is 8.34. The molecular weight excluding hydrogens is 357 g/mol. The highest BCUT2D eigenvalue weighted by Gasteiger charge is 2.37. The maximum Gasteiger partial charge on any atom is 0.547 e. The Morgan fingerprint density at radius 3 is 2.63 bits per heavy atom. The molecule has 1 aromatic rings. The highest BCUT2D eigenvalue weighted by molar-refractivity contribution is 6.47. The molecule has 146 valence electrons. The van der Waals surface area contributed by atoms with Crippen LogP contribution in [0.4, 0.5) is 0 Å². The van der Waals surface area contributed by atoms with E-state index in [0.717, 1.165) is 0 Å². The average molecular weight is 379 g/mol. The van der Waals surface area contributed by atoms with E-state index in [1.165, 1.54) is 6.07 Å². The molecule has 0 aromatic heterocycles. The van der Waals surface area contributed by atoms with Gasteiger partial charge in [-0.15, -0.1) is 0 Å². The van der Waals surface area contributed by atoms with Gasteiger partial charge in [0, 0.05) is 0 Å². The predicted octanol–water partition coefficient (Wildman–Crippen LogP) is -0.178. The maximum absolute atomic E-state index is 12.3. The maximum atomic E-state index is 12.3. The molecule has 1 aromatic carbocycles. The van der Waals surface area contributed by atoms with Gasteiger partial charge in [0.15, 0.2) is 0 Å². The fourth-order valence-corrected chi connectivity index (χ4v) is 2.39. The third-order valence-electron chi connectivity index (χ3n) is 3.82. The van der Waals surface area contributed by atoms with Crippen molar-refractivity contribution in [2.24, 2.45) is 5.41 Å². The number of para-hydroxylation sites is 1. The van der Waals surface area contributed by atoms with Gasteiger partial charge in [0.2, 0.25) is 12.7 Å². The average Bonchev–Trinajstić information content (AvgIpc) is 2.60. The van der Waals surface area contributed by atoms with Gasteiger partial charge >= 0.3 is 19.1 Å². The Labute approximate surface area is 156 Å². The highest BCUT2D eigenvalue weighted by atomic mass is 16.7. The summed E-state index contributed by atoms with van der Waals surface area (Å²) in [5.41, 5.74) is -0.0884. The molecule has 3 N–H and O–H groups in total. The number of esters is 2. The minimum Gasteiger partial charge on any atom is -0.534 e. The molecule has 2 rings (SSSR count). The lowest BCUT2D eigenvalue weighted by atomic mass is 9.72. The molecule has 1 aliphatic rings. The fourth-order valence-electron chi connectivity index (χ4n) is 2.39. The highest BCUT2D eigenvalue weighted by Crippen LogP contribution is 2.30. The van der Waals surface area contributed by atoms with Crippen molar-refractivity contribution in [3.05, 3.63) is 29.3 Å². The molecule has 0 saturated heterocycles. The Bertz CT molecular complexity index is 730. The molecule has 0 spiro atoms. The molecule has 0 aliphatic carbocycles. The molecule has 10 heteroatoms. The third kappa shape index (κ3) is 5.21. The molecule has 1 heterocycles. The molecule has 27 heavy (non-hydrogen) atoms. The smallest absolute Gasteiger partial charge is 0.534 e. The lowest BCUT2D eigenvalue weighted by Gasteiger charge is -2.29. The summed E-state index contributed by atoms with van der Waals surface area (Å²) >= 11 is 0. The number of rotatable bonds is 5. The van der Waals surface area contributed by atoms with Crippen LogP contribution in [0.3, 0.4) is 0 Å². The van der Waals surface area contributed by atoms with Crippen molar-refractivity contribution < 1.29 is 38.6 Å². The minimum absolute atomic E-state index is 0.0605. The van der Waals surface area contributed by atoms with Gasteiger partial charge in [-0.05, 0) is 38.8 Å². The van der Waals surface area contributed by atoms with E-state index in [1.54, 1.807) is 32.9 Å². The van der Waals surface area contributed by atoms with Crippen LogP contribution in [0.25, 0.3) is 0 Å². The largest absolute Gasteiger partial charge is 0.547 e. The number of aliphatic hydroxyl groups is 1. The quantitative estimate of drug-likeness (QED) is 0.365. The van der Waals surface area contributed by atoms with Crippen LogP contribution in [0.1, 0.15) is 36.7 Å². The van der Waals surface area contributed by atoms with Crippen molar-refractivity contribution in [3.8, 4) is 5.75 Å². The van der Waals surface area contributed by atoms with Gasteiger partial charge in [0.1, 0.15) is 17.9 Å². The normalized spacial score (nSPS) is 16.0. The number of hydrogen-bond donors (Lipinski definition) is 3. The van der Waals surface area contributed by atoms with E-state index in [9.17, 15) is 19.4 Å². The lowest BCUT2D eigenvalue weighted by Crippen LogP contribution is -2.53. The number of amides is 1. The Morgan fingerprint density at radius 1 is 1.30 bits per heavy atom. The number of nitrogens with one attached hydrogen (secondary N) is 1. The number of benzene rings is 1. The number of ether oxygens (including phenoxy) is 2. The number of carbonyl (C=O) groups excluding carboxylic acids is 3. The topological polar surface area (TPSA) is 131 Å². The Morgan fingerprint density at radius 2 is 2.00 bits per heavy atom. The van der Waals surface area contributed by atoms with Gasteiger partial charge < -0.3 is 29.6 Å². The molecule has 0 unspecified atom stereocenters. The van der Waals surface area contributed by atoms with Crippen LogP contribution in [0.15, 0.2) is 18.2 Å². The summed E-state index contributed by atoms with van der Waals surface area (Å²) in [7, 11) is -1.40. The Hall–Kier alpha value is -2.59. The molecule has 1 aliphatic heterocycles. The summed E-state index contributed by atoms with van der Waals surface area (Å²) in [6.45, 7) is 3.76. The van der Waals surface area contributed by atoms with Crippen LogP contribution in [0.5, 0.6) is 5.75 Å². The van der Waals surface area contributed by atoms with E-state index in [4.69, 9.17) is 19.2 Å². The minimum atomic E-state index is -1.40. The van der Waals surface area contributed by atoms with Crippen LogP contribution in [-0.4, -0.2) is 54.4 Å². The van der Waals surface area contributed by atoms with Gasteiger partial charge in [0.05, 0.1) is 11.4 Å². The molecule has 0 saturated carbocycles. The van der Waals surface area contributed by atoms with Gasteiger partial charge in [0.25, 0.3) is 0 Å². The zero-order valence-corrected chi connectivity index (χ0v) is 15.4. The third-order valence-corrected chi connectivity index (χ3v) is 3.82. The number of carbonyl (C=O) groups is 3. The van der Waals surface area contributed by atoms with Gasteiger partial charge in [-0.1, -0.05) is 12.1 Å². The first-order chi connectivity index (χ1) is 12.6. The molecule has 1 amide bonds. The number of hydrogen-bond acceptors (Lipinski definition) is 8. The van der Waals surface area contributed by atoms with Crippen molar-refractivity contribution in [1.82, 2.24) is 5.32 Å². The van der Waals surface area contributed by atoms with Crippen molar-refractivity contribution in [2.75, 3.05) is 13.4 Å². The van der Waals surface area contributed by atoms with Crippen molar-refractivity contribution in [3.63, 3.8) is 0 Å². The first kappa shape index (κ1) is 20.7. The zero-order valence-electron chi connectivity index (χ0n) is 15.4. The second-order valence-corrected chi connectivity index (χ2v) is 7.07. The van der Waals surface area contributed by atoms with Gasteiger partial charge in [-0.25, -0.2) is 4.79 Å². The molecule has 9 nitrogen and oxygen atoms in total. The summed E-state index contributed by atoms with van der Waals surface area (Å²) in [6, 6.07) is 4.73. The summed E-state index contributed by atoms with van der Waals surface area (Å²) in [5, 5.41) is 21.3. The molecule has 0 fully saturated rings. The Balaban J connectivity index is 2.06. The SMILES string of the molecule is CC(C)(C)C(=O)OCOC(=O)c1cccc2c1OB(O)[C@@H](NC(=O)CO)C2. The van der Waals surface area contributed by atoms with Crippen LogP contribution < -0.4 is 9.97 Å². The zero-order chi connectivity index (χ0) is 20.2. The van der Waals surface area contributed by atoms with Crippen LogP contribution in [-0.2, 0) is 25.5 Å². The van der Waals surface area contributed by atoms with E-state index in [2.05, 4.69) is 5.32 Å². The summed E-state index contributed by atoms with van der Waals surface area (Å²) < 4.78 is 15.2. The predicted molar refractivity (Wildman–Crippen MR) is 93.6 cm³/mol. The molecule has 0 bridgehead atoms. The second kappa shape index (κ2) is 8.40. The van der Waals surface area contributed by atoms with E-state index in [0.29, 0.717) is 5.56 Å². The van der Waals surface area contributed by atoms with E-state index in [-0.39, 0.29) is 17.7 Å². The van der Waals surface area contributed by atoms with Crippen LogP contribution >= 0.6 is 0 Å². The van der Waals surface area contributed by atoms with Crippen LogP contribution in [0, 0.1) is 5.41 Å². The van der Waals surface area contributed by atoms with Crippen molar-refractivity contribution in [2.45, 2.75) is 33.1 Å². The standard InChI is InChI=1S/C17H22BNO8/c1-17(2,3)16(23)26-9-25-15(22)11-6-4-5-10-7-12(19-13(21)8-20)18(24)27-14(10)11/h4-6,12,20,24H,7-9H2,1-3H3,(H,19,21)/t12-/m0/s1. The van der Waals surface area contributed by atoms with Gasteiger partial charge in [-0.3, -0.25) is 9.59 Å². The summed E-state index contributed by atoms with van der Waals surface area (Å²) in [6.07, 6.45) is 0.197. The summed E-state index contributed by atoms with van der Waals surface area (Å²) in [5.74, 6) is -2.58. The molecule has 0 radical (unpaired) electrons. The number of aliphatic hydroxyl groups excluding tert-OH is 1. The number of fused-ring (bicyclic) bond motifs is 1. The Kier molecular flexibility index (Phi) is 6.45. The monoisotopic (exact) mass is 379 g/mol. The summed E-state index contributed by atoms with van der Waals surface area (Å²) in [4.78, 5) is 35.3. The van der Waals surface area contributed by atoms with E-state index >= 15 is 0 Å². The fraction of sp³-hybridized carbons (Fsp3) is 0.471. The molecular formula is C17H22BNO8. The van der Waals surface area contributed by atoms with Crippen LogP contribution in [0.2, 0.25) is 0 Å². The first-order valence-electron chi connectivity index (χ1n) is 8.34. The van der Waals surface area contributed by atoms with E-state index in [1.807, 2.05) is 0 Å². The van der Waals surface area contributed by atoms with E-state index < -0.39 is 49.7 Å². The molecule has 1 atom stereocenters.